The number of ether oxygens (including phenoxy) is 1. The molecule has 0 aliphatic carbocycles. The maximum absolute atomic E-state index is 5.87. The van der Waals surface area contributed by atoms with Crippen LogP contribution in [0.5, 0.6) is 0 Å². The van der Waals surface area contributed by atoms with Gasteiger partial charge in [0.15, 0.2) is 0 Å². The van der Waals surface area contributed by atoms with Gasteiger partial charge in [0.05, 0.1) is 0 Å². The van der Waals surface area contributed by atoms with Gasteiger partial charge in [-0.25, -0.2) is 0 Å². The summed E-state index contributed by atoms with van der Waals surface area (Å²) in [5.74, 6) is 0. The Labute approximate surface area is 270 Å². The van der Waals surface area contributed by atoms with Crippen LogP contribution in [0.1, 0.15) is 219 Å². The average Bonchev–Trinajstić information content (AvgIpc) is 3.60. The highest BCUT2D eigenvalue weighted by Gasteiger charge is 1.97. The molecular weight excluding hydrogens is 529 g/mol. The van der Waals surface area contributed by atoms with Gasteiger partial charge in [0.1, 0.15) is 0 Å². The molecule has 0 atom stereocenters. The molecule has 1 rings (SSSR count). The Morgan fingerprint density at radius 3 is 0.714 bits per heavy atom. The highest BCUT2D eigenvalue weighted by Crippen LogP contribution is 2.15. The maximum Gasteiger partial charge on any atom is 0.0466 e. The van der Waals surface area contributed by atoms with Gasteiger partial charge in [0.25, 0.3) is 0 Å². The number of thiophene rings is 1. The molecule has 0 aliphatic heterocycles. The Kier molecular flexibility index (Phi) is 40.3. The highest BCUT2D eigenvalue weighted by atomic mass is 32.1. The first kappa shape index (κ1) is 41.7. The van der Waals surface area contributed by atoms with Crippen LogP contribution in [0, 0.1) is 0 Å². The molecule has 0 spiro atoms. The van der Waals surface area contributed by atoms with Gasteiger partial charge in [-0.2, -0.15) is 11.3 Å². The average molecular weight is 607 g/mol. The lowest BCUT2D eigenvalue weighted by atomic mass is 10.0. The van der Waals surface area contributed by atoms with E-state index in [0.717, 1.165) is 13.2 Å². The highest BCUT2D eigenvalue weighted by molar-refractivity contribution is 7.07. The first-order valence-electron chi connectivity index (χ1n) is 19.5. The molecular formula is C40H78OS. The second-order valence-electron chi connectivity index (χ2n) is 13.0. The van der Waals surface area contributed by atoms with E-state index in [9.17, 15) is 0 Å². The Hall–Kier alpha value is -0.340. The molecule has 0 saturated carbocycles. The van der Waals surface area contributed by atoms with E-state index in [1.54, 1.807) is 11.3 Å². The van der Waals surface area contributed by atoms with Gasteiger partial charge in [0, 0.05) is 13.2 Å². The van der Waals surface area contributed by atoms with Crippen molar-refractivity contribution in [1.29, 1.82) is 0 Å². The molecule has 0 unspecified atom stereocenters. The van der Waals surface area contributed by atoms with E-state index in [-0.39, 0.29) is 0 Å². The lowest BCUT2D eigenvalue weighted by Gasteiger charge is -2.06. The van der Waals surface area contributed by atoms with Crippen molar-refractivity contribution in [3.05, 3.63) is 22.9 Å². The fraction of sp³-hybridized carbons (Fsp3) is 0.900. The van der Waals surface area contributed by atoms with Gasteiger partial charge in [0.2, 0.25) is 0 Å². The summed E-state index contributed by atoms with van der Waals surface area (Å²) in [5, 5.41) is 4.08. The van der Waals surface area contributed by atoms with Crippen LogP contribution in [0.3, 0.4) is 0 Å². The minimum Gasteiger partial charge on any atom is -0.381 e. The molecule has 1 nitrogen and oxygen atoms in total. The molecule has 2 heteroatoms. The molecule has 250 valence electrons. The Morgan fingerprint density at radius 2 is 0.524 bits per heavy atom. The maximum atomic E-state index is 5.87. The third-order valence-electron chi connectivity index (χ3n) is 8.71. The van der Waals surface area contributed by atoms with Crippen LogP contribution in [0.4, 0.5) is 0 Å². The summed E-state index contributed by atoms with van der Waals surface area (Å²) >= 11 is 1.71. The van der Waals surface area contributed by atoms with E-state index < -0.39 is 0 Å². The molecule has 42 heavy (non-hydrogen) atoms. The predicted octanol–water partition coefficient (Wildman–Crippen LogP) is 15.3. The van der Waals surface area contributed by atoms with Crippen LogP contribution in [-0.4, -0.2) is 13.2 Å². The largest absolute Gasteiger partial charge is 0.381 e. The summed E-state index contributed by atoms with van der Waals surface area (Å²) in [6, 6.07) is 4.04. The number of hydrogen-bond donors (Lipinski definition) is 0. The van der Waals surface area contributed by atoms with Crippen LogP contribution in [-0.2, 0) is 4.74 Å². The first-order chi connectivity index (χ1) is 20.9. The third-order valence-corrected chi connectivity index (χ3v) is 9.34. The van der Waals surface area contributed by atoms with Crippen molar-refractivity contribution in [3.63, 3.8) is 0 Å². The van der Waals surface area contributed by atoms with Crippen LogP contribution in [0.2, 0.25) is 0 Å². The SMILES string of the molecule is CCCCCCCCCCCCCCCCCCOCCCCCCCCCCCCCCCCCC.c1ccsc1. The van der Waals surface area contributed by atoms with Gasteiger partial charge >= 0.3 is 0 Å². The molecule has 0 saturated heterocycles. The third kappa shape index (κ3) is 39.7. The van der Waals surface area contributed by atoms with Crippen LogP contribution >= 0.6 is 11.3 Å². The normalized spacial score (nSPS) is 11.1. The molecule has 1 aromatic rings. The van der Waals surface area contributed by atoms with Crippen molar-refractivity contribution in [1.82, 2.24) is 0 Å². The van der Waals surface area contributed by atoms with Crippen molar-refractivity contribution >= 4 is 11.3 Å². The second-order valence-corrected chi connectivity index (χ2v) is 13.8. The lowest BCUT2D eigenvalue weighted by Crippen LogP contribution is -1.97. The quantitative estimate of drug-likeness (QED) is 0.0709. The lowest BCUT2D eigenvalue weighted by molar-refractivity contribution is 0.125. The topological polar surface area (TPSA) is 9.23 Å². The van der Waals surface area contributed by atoms with E-state index in [2.05, 4.69) is 13.8 Å². The van der Waals surface area contributed by atoms with Gasteiger partial charge in [-0.1, -0.05) is 219 Å². The van der Waals surface area contributed by atoms with Gasteiger partial charge < -0.3 is 4.74 Å². The summed E-state index contributed by atoms with van der Waals surface area (Å²) in [4.78, 5) is 0. The van der Waals surface area contributed by atoms with Crippen molar-refractivity contribution in [2.75, 3.05) is 13.2 Å². The summed E-state index contributed by atoms with van der Waals surface area (Å²) < 4.78 is 5.87. The molecule has 0 radical (unpaired) electrons. The zero-order chi connectivity index (χ0) is 30.3. The van der Waals surface area contributed by atoms with Gasteiger partial charge in [-0.05, 0) is 23.6 Å². The zero-order valence-electron chi connectivity index (χ0n) is 29.2. The fourth-order valence-electron chi connectivity index (χ4n) is 5.83. The Balaban J connectivity index is 0.00000301. The number of unbranched alkanes of at least 4 members (excludes halogenated alkanes) is 30. The van der Waals surface area contributed by atoms with Gasteiger partial charge in [-0.15, -0.1) is 0 Å². The first-order valence-corrected chi connectivity index (χ1v) is 20.4. The molecule has 0 fully saturated rings. The smallest absolute Gasteiger partial charge is 0.0466 e. The fourth-order valence-corrected chi connectivity index (χ4v) is 6.29. The summed E-state index contributed by atoms with van der Waals surface area (Å²) in [5.41, 5.74) is 0. The monoisotopic (exact) mass is 607 g/mol. The van der Waals surface area contributed by atoms with Crippen molar-refractivity contribution in [2.24, 2.45) is 0 Å². The van der Waals surface area contributed by atoms with E-state index in [1.807, 2.05) is 22.9 Å². The van der Waals surface area contributed by atoms with E-state index >= 15 is 0 Å². The molecule has 0 aliphatic rings. The molecule has 0 aromatic carbocycles. The molecule has 0 N–H and O–H groups in total. The molecule has 1 heterocycles. The molecule has 0 amide bonds. The minimum absolute atomic E-state index is 0.997. The van der Waals surface area contributed by atoms with Gasteiger partial charge in [-0.3, -0.25) is 0 Å². The Morgan fingerprint density at radius 1 is 0.310 bits per heavy atom. The van der Waals surface area contributed by atoms with Crippen molar-refractivity contribution < 1.29 is 4.74 Å². The summed E-state index contributed by atoms with van der Waals surface area (Å²) in [7, 11) is 0. The summed E-state index contributed by atoms with van der Waals surface area (Å²) in [6.45, 7) is 6.60. The minimum atomic E-state index is 0.997. The second kappa shape index (κ2) is 40.7. The summed E-state index contributed by atoms with van der Waals surface area (Å²) in [6.07, 6.45) is 46.0. The predicted molar refractivity (Wildman–Crippen MR) is 194 cm³/mol. The van der Waals surface area contributed by atoms with E-state index in [1.165, 1.54) is 205 Å². The van der Waals surface area contributed by atoms with E-state index in [4.69, 9.17) is 4.74 Å². The van der Waals surface area contributed by atoms with Crippen LogP contribution in [0.15, 0.2) is 22.9 Å². The van der Waals surface area contributed by atoms with Crippen molar-refractivity contribution in [2.45, 2.75) is 219 Å². The van der Waals surface area contributed by atoms with E-state index in [0.29, 0.717) is 0 Å². The molecule has 1 aromatic heterocycles. The van der Waals surface area contributed by atoms with Crippen LogP contribution < -0.4 is 0 Å². The van der Waals surface area contributed by atoms with Crippen LogP contribution in [0.25, 0.3) is 0 Å². The number of hydrogen-bond acceptors (Lipinski definition) is 2. The molecule has 0 bridgehead atoms. The van der Waals surface area contributed by atoms with Crippen molar-refractivity contribution in [3.8, 4) is 0 Å². The zero-order valence-corrected chi connectivity index (χ0v) is 30.0. The Bertz CT molecular complexity index is 477. The standard InChI is InChI=1S/C36H74O.C4H4S/c1-3-5-7-9-11-13-15-17-19-21-23-25-27-29-31-33-35-37-36-34-32-30-28-26-24-22-20-18-16-14-12-10-8-6-4-2;1-2-4-5-3-1/h3-36H2,1-2H3;1-4H. The number of rotatable bonds is 34.